The lowest BCUT2D eigenvalue weighted by atomic mass is 9.84. The second-order valence-corrected chi connectivity index (χ2v) is 4.52. The standard InChI is InChI=1S/C12H14ClF/c13-12-4-2-1-3-11(12)9-5-7-10(14)8-6-9/h5-8,11-12H,1-4H2. The van der Waals surface area contributed by atoms with Gasteiger partial charge in [0.25, 0.3) is 0 Å². The van der Waals surface area contributed by atoms with E-state index >= 15 is 0 Å². The van der Waals surface area contributed by atoms with E-state index in [9.17, 15) is 4.39 Å². The predicted octanol–water partition coefficient (Wildman–Crippen LogP) is 4.09. The quantitative estimate of drug-likeness (QED) is 0.615. The smallest absolute Gasteiger partial charge is 0.123 e. The van der Waals surface area contributed by atoms with Gasteiger partial charge in [-0.05, 0) is 30.5 Å². The number of benzene rings is 1. The molecule has 2 atom stereocenters. The zero-order valence-electron chi connectivity index (χ0n) is 8.05. The summed E-state index contributed by atoms with van der Waals surface area (Å²) in [5, 5.41) is 0.231. The molecule has 0 aromatic heterocycles. The molecule has 1 aromatic rings. The fraction of sp³-hybridized carbons (Fsp3) is 0.500. The van der Waals surface area contributed by atoms with E-state index in [1.807, 2.05) is 12.1 Å². The van der Waals surface area contributed by atoms with Crippen molar-refractivity contribution in [3.8, 4) is 0 Å². The van der Waals surface area contributed by atoms with Crippen molar-refractivity contribution in [2.75, 3.05) is 0 Å². The zero-order valence-corrected chi connectivity index (χ0v) is 8.80. The van der Waals surface area contributed by atoms with Crippen LogP contribution in [0.5, 0.6) is 0 Å². The molecule has 0 radical (unpaired) electrons. The van der Waals surface area contributed by atoms with Gasteiger partial charge in [0.1, 0.15) is 5.82 Å². The molecule has 0 bridgehead atoms. The summed E-state index contributed by atoms with van der Waals surface area (Å²) in [6, 6.07) is 6.77. The Morgan fingerprint density at radius 2 is 1.71 bits per heavy atom. The van der Waals surface area contributed by atoms with Crippen molar-refractivity contribution in [3.63, 3.8) is 0 Å². The van der Waals surface area contributed by atoms with Gasteiger partial charge < -0.3 is 0 Å². The number of halogens is 2. The van der Waals surface area contributed by atoms with Crippen LogP contribution in [-0.4, -0.2) is 5.38 Å². The van der Waals surface area contributed by atoms with Gasteiger partial charge in [-0.25, -0.2) is 4.39 Å². The minimum absolute atomic E-state index is 0.171. The Bertz CT molecular complexity index is 294. The number of rotatable bonds is 1. The van der Waals surface area contributed by atoms with Crippen LogP contribution < -0.4 is 0 Å². The zero-order chi connectivity index (χ0) is 9.97. The fourth-order valence-corrected chi connectivity index (χ4v) is 2.60. The maximum atomic E-state index is 12.7. The normalized spacial score (nSPS) is 27.6. The third-order valence-corrected chi connectivity index (χ3v) is 3.50. The molecule has 1 aliphatic rings. The molecule has 1 saturated carbocycles. The van der Waals surface area contributed by atoms with Crippen LogP contribution in [0.25, 0.3) is 0 Å². The van der Waals surface area contributed by atoms with Crippen LogP contribution in [0, 0.1) is 5.82 Å². The van der Waals surface area contributed by atoms with Crippen molar-refractivity contribution in [2.24, 2.45) is 0 Å². The van der Waals surface area contributed by atoms with E-state index in [1.165, 1.54) is 30.5 Å². The van der Waals surface area contributed by atoms with Gasteiger partial charge in [0.15, 0.2) is 0 Å². The van der Waals surface area contributed by atoms with Gasteiger partial charge in [-0.2, -0.15) is 0 Å². The van der Waals surface area contributed by atoms with Crippen LogP contribution >= 0.6 is 11.6 Å². The summed E-state index contributed by atoms with van der Waals surface area (Å²) in [7, 11) is 0. The molecule has 2 unspecified atom stereocenters. The van der Waals surface area contributed by atoms with Gasteiger partial charge in [0.2, 0.25) is 0 Å². The van der Waals surface area contributed by atoms with Gasteiger partial charge in [0, 0.05) is 11.3 Å². The van der Waals surface area contributed by atoms with Crippen molar-refractivity contribution in [2.45, 2.75) is 37.0 Å². The lowest BCUT2D eigenvalue weighted by molar-refractivity contribution is 0.450. The van der Waals surface area contributed by atoms with E-state index in [4.69, 9.17) is 11.6 Å². The van der Waals surface area contributed by atoms with Crippen molar-refractivity contribution >= 4 is 11.6 Å². The first kappa shape index (κ1) is 9.97. The fourth-order valence-electron chi connectivity index (χ4n) is 2.17. The van der Waals surface area contributed by atoms with E-state index < -0.39 is 0 Å². The van der Waals surface area contributed by atoms with Gasteiger partial charge >= 0.3 is 0 Å². The Hall–Kier alpha value is -0.560. The molecule has 0 heterocycles. The molecule has 0 N–H and O–H groups in total. The molecule has 2 rings (SSSR count). The molecule has 2 heteroatoms. The first-order chi connectivity index (χ1) is 6.77. The highest BCUT2D eigenvalue weighted by Gasteiger charge is 2.24. The summed E-state index contributed by atoms with van der Waals surface area (Å²) in [6.07, 6.45) is 4.69. The molecule has 0 nitrogen and oxygen atoms in total. The molecule has 0 spiro atoms. The Kier molecular flexibility index (Phi) is 3.07. The maximum absolute atomic E-state index is 12.7. The van der Waals surface area contributed by atoms with Gasteiger partial charge in [-0.1, -0.05) is 25.0 Å². The monoisotopic (exact) mass is 212 g/mol. The SMILES string of the molecule is Fc1ccc(C2CCCCC2Cl)cc1. The van der Waals surface area contributed by atoms with Crippen LogP contribution in [0.2, 0.25) is 0 Å². The Morgan fingerprint density at radius 3 is 2.36 bits per heavy atom. The molecule has 1 fully saturated rings. The van der Waals surface area contributed by atoms with Crippen molar-refractivity contribution in [1.82, 2.24) is 0 Å². The highest BCUT2D eigenvalue weighted by Crippen LogP contribution is 2.36. The minimum atomic E-state index is -0.171. The summed E-state index contributed by atoms with van der Waals surface area (Å²) in [6.45, 7) is 0. The maximum Gasteiger partial charge on any atom is 0.123 e. The van der Waals surface area contributed by atoms with E-state index in [-0.39, 0.29) is 11.2 Å². The van der Waals surface area contributed by atoms with E-state index in [1.54, 1.807) is 0 Å². The number of hydrogen-bond donors (Lipinski definition) is 0. The Labute approximate surface area is 89.1 Å². The summed E-state index contributed by atoms with van der Waals surface area (Å²) < 4.78 is 12.7. The molecule has 0 saturated heterocycles. The summed E-state index contributed by atoms with van der Waals surface area (Å²) in [5.41, 5.74) is 1.19. The van der Waals surface area contributed by atoms with Crippen LogP contribution in [0.3, 0.4) is 0 Å². The first-order valence-electron chi connectivity index (χ1n) is 5.17. The average Bonchev–Trinajstić information content (AvgIpc) is 2.20. The van der Waals surface area contributed by atoms with Gasteiger partial charge in [-0.3, -0.25) is 0 Å². The van der Waals surface area contributed by atoms with Gasteiger partial charge in [0.05, 0.1) is 0 Å². The molecule has 0 aliphatic heterocycles. The highest BCUT2D eigenvalue weighted by atomic mass is 35.5. The van der Waals surface area contributed by atoms with Crippen molar-refractivity contribution in [1.29, 1.82) is 0 Å². The van der Waals surface area contributed by atoms with E-state index in [0.29, 0.717) is 5.92 Å². The lowest BCUT2D eigenvalue weighted by Crippen LogP contribution is -2.17. The first-order valence-corrected chi connectivity index (χ1v) is 5.60. The van der Waals surface area contributed by atoms with E-state index in [2.05, 4.69) is 0 Å². The summed E-state index contributed by atoms with van der Waals surface area (Å²) >= 11 is 6.26. The van der Waals surface area contributed by atoms with Crippen molar-refractivity contribution in [3.05, 3.63) is 35.6 Å². The topological polar surface area (TPSA) is 0 Å². The Morgan fingerprint density at radius 1 is 1.07 bits per heavy atom. The van der Waals surface area contributed by atoms with Gasteiger partial charge in [-0.15, -0.1) is 11.6 Å². The molecular formula is C12H14ClF. The summed E-state index contributed by atoms with van der Waals surface area (Å²) in [5.74, 6) is 0.252. The molecule has 14 heavy (non-hydrogen) atoms. The molecule has 76 valence electrons. The third kappa shape index (κ3) is 2.09. The van der Waals surface area contributed by atoms with Crippen LogP contribution in [-0.2, 0) is 0 Å². The summed E-state index contributed by atoms with van der Waals surface area (Å²) in [4.78, 5) is 0. The largest absolute Gasteiger partial charge is 0.207 e. The van der Waals surface area contributed by atoms with Crippen molar-refractivity contribution < 1.29 is 4.39 Å². The van der Waals surface area contributed by atoms with Crippen LogP contribution in [0.1, 0.15) is 37.2 Å². The third-order valence-electron chi connectivity index (χ3n) is 2.98. The molecular weight excluding hydrogens is 199 g/mol. The van der Waals surface area contributed by atoms with E-state index in [0.717, 1.165) is 12.8 Å². The number of alkyl halides is 1. The molecule has 0 amide bonds. The van der Waals surface area contributed by atoms with Crippen LogP contribution in [0.4, 0.5) is 4.39 Å². The van der Waals surface area contributed by atoms with Crippen LogP contribution in [0.15, 0.2) is 24.3 Å². The second kappa shape index (κ2) is 4.31. The number of hydrogen-bond acceptors (Lipinski definition) is 0. The molecule has 1 aliphatic carbocycles. The predicted molar refractivity (Wildman–Crippen MR) is 57.3 cm³/mol. The highest BCUT2D eigenvalue weighted by molar-refractivity contribution is 6.21. The molecule has 1 aromatic carbocycles. The minimum Gasteiger partial charge on any atom is -0.207 e. The average molecular weight is 213 g/mol. The second-order valence-electron chi connectivity index (χ2n) is 3.96. The lowest BCUT2D eigenvalue weighted by Gasteiger charge is -2.27. The Balaban J connectivity index is 2.16.